The molecular formula is C18H20N2O6. The number of fused-ring (bicyclic) bond motifs is 1. The summed E-state index contributed by atoms with van der Waals surface area (Å²) in [7, 11) is 0. The van der Waals surface area contributed by atoms with Gasteiger partial charge >= 0.3 is 5.97 Å². The minimum atomic E-state index is -0.807. The van der Waals surface area contributed by atoms with Gasteiger partial charge in [-0.25, -0.2) is 0 Å². The number of nitrogens with zero attached hydrogens (tertiary/aromatic N) is 1. The molecule has 0 radical (unpaired) electrons. The molecule has 8 heteroatoms. The summed E-state index contributed by atoms with van der Waals surface area (Å²) in [4.78, 5) is 48.9. The van der Waals surface area contributed by atoms with E-state index in [9.17, 15) is 19.2 Å². The van der Waals surface area contributed by atoms with Crippen LogP contribution in [0.4, 0.5) is 0 Å². The van der Waals surface area contributed by atoms with E-state index in [1.54, 1.807) is 24.3 Å². The Hall–Kier alpha value is -2.74. The predicted octanol–water partition coefficient (Wildman–Crippen LogP) is 0.0499. The molecule has 0 aliphatic carbocycles. The van der Waals surface area contributed by atoms with Crippen LogP contribution in [0.3, 0.4) is 0 Å². The van der Waals surface area contributed by atoms with Gasteiger partial charge in [-0.2, -0.15) is 0 Å². The van der Waals surface area contributed by atoms with Crippen LogP contribution in [0.5, 0.6) is 0 Å². The maximum absolute atomic E-state index is 12.4. The van der Waals surface area contributed by atoms with E-state index in [1.807, 2.05) is 0 Å². The first kappa shape index (κ1) is 18.1. The minimum Gasteiger partial charge on any atom is -0.454 e. The van der Waals surface area contributed by atoms with Gasteiger partial charge in [0.1, 0.15) is 6.54 Å². The normalized spacial score (nSPS) is 19.2. The molecular weight excluding hydrogens is 340 g/mol. The van der Waals surface area contributed by atoms with E-state index in [4.69, 9.17) is 9.47 Å². The lowest BCUT2D eigenvalue weighted by Gasteiger charge is -2.25. The van der Waals surface area contributed by atoms with E-state index in [0.717, 1.165) is 17.7 Å². The number of carbonyl (C=O) groups is 4. The first-order valence-corrected chi connectivity index (χ1v) is 8.51. The quantitative estimate of drug-likeness (QED) is 0.568. The topological polar surface area (TPSA) is 102 Å². The molecule has 0 saturated carbocycles. The first-order chi connectivity index (χ1) is 12.5. The number of hydrogen-bond acceptors (Lipinski definition) is 6. The third-order valence-electron chi connectivity index (χ3n) is 4.34. The third kappa shape index (κ3) is 4.26. The molecule has 3 amide bonds. The van der Waals surface area contributed by atoms with Gasteiger partial charge in [-0.15, -0.1) is 0 Å². The highest BCUT2D eigenvalue weighted by atomic mass is 16.5. The lowest BCUT2D eigenvalue weighted by molar-refractivity contribution is -0.151. The van der Waals surface area contributed by atoms with Crippen molar-refractivity contribution in [3.8, 4) is 0 Å². The fourth-order valence-electron chi connectivity index (χ4n) is 2.96. The van der Waals surface area contributed by atoms with Crippen LogP contribution in [0.25, 0.3) is 0 Å². The van der Waals surface area contributed by atoms with E-state index in [1.165, 1.54) is 0 Å². The van der Waals surface area contributed by atoms with Crippen LogP contribution in [-0.2, 0) is 30.3 Å². The molecule has 2 heterocycles. The summed E-state index contributed by atoms with van der Waals surface area (Å²) in [6.07, 6.45) is 1.91. The highest BCUT2D eigenvalue weighted by Gasteiger charge is 2.32. The second kappa shape index (κ2) is 8.09. The Bertz CT molecular complexity index is 726. The zero-order valence-electron chi connectivity index (χ0n) is 14.2. The van der Waals surface area contributed by atoms with Crippen molar-refractivity contribution < 1.29 is 28.7 Å². The summed E-state index contributed by atoms with van der Waals surface area (Å²) in [6.45, 7) is 0.0934. The Balaban J connectivity index is 1.46. The zero-order valence-corrected chi connectivity index (χ0v) is 14.2. The van der Waals surface area contributed by atoms with Crippen molar-refractivity contribution >= 4 is 23.7 Å². The molecule has 1 aromatic rings. The van der Waals surface area contributed by atoms with Gasteiger partial charge in [0.15, 0.2) is 6.61 Å². The fraction of sp³-hybridized carbons (Fsp3) is 0.444. The molecule has 2 aliphatic heterocycles. The Morgan fingerprint density at radius 2 is 2.08 bits per heavy atom. The molecule has 1 saturated heterocycles. The van der Waals surface area contributed by atoms with Crippen LogP contribution in [-0.4, -0.2) is 61.0 Å². The third-order valence-corrected chi connectivity index (χ3v) is 4.34. The van der Waals surface area contributed by atoms with Gasteiger partial charge in [0.05, 0.1) is 12.5 Å². The highest BCUT2D eigenvalue weighted by molar-refractivity contribution is 6.11. The van der Waals surface area contributed by atoms with Crippen LogP contribution in [0.1, 0.15) is 28.8 Å². The van der Waals surface area contributed by atoms with Crippen LogP contribution in [0, 0.1) is 0 Å². The number of hydrogen-bond donors (Lipinski definition) is 1. The SMILES string of the molecule is O=C(COC(=O)CN1C(=O)Cc2ccccc2C1=O)NC[C@H]1CCCO1. The smallest absolute Gasteiger partial charge is 0.326 e. The van der Waals surface area contributed by atoms with Crippen molar-refractivity contribution in [2.24, 2.45) is 0 Å². The molecule has 0 spiro atoms. The lowest BCUT2D eigenvalue weighted by Crippen LogP contribution is -2.45. The fourth-order valence-corrected chi connectivity index (χ4v) is 2.96. The van der Waals surface area contributed by atoms with Crippen molar-refractivity contribution in [2.45, 2.75) is 25.4 Å². The predicted molar refractivity (Wildman–Crippen MR) is 89.1 cm³/mol. The second-order valence-corrected chi connectivity index (χ2v) is 6.22. The van der Waals surface area contributed by atoms with Crippen molar-refractivity contribution in [1.82, 2.24) is 10.2 Å². The Labute approximate surface area is 150 Å². The van der Waals surface area contributed by atoms with Gasteiger partial charge in [0, 0.05) is 18.7 Å². The maximum Gasteiger partial charge on any atom is 0.326 e. The Kier molecular flexibility index (Phi) is 5.62. The van der Waals surface area contributed by atoms with Gasteiger partial charge in [0.25, 0.3) is 11.8 Å². The van der Waals surface area contributed by atoms with Crippen LogP contribution >= 0.6 is 0 Å². The number of esters is 1. The molecule has 1 N–H and O–H groups in total. The molecule has 0 aromatic heterocycles. The molecule has 0 unspecified atom stereocenters. The molecule has 3 rings (SSSR count). The molecule has 8 nitrogen and oxygen atoms in total. The number of ether oxygens (including phenoxy) is 2. The Morgan fingerprint density at radius 3 is 2.85 bits per heavy atom. The summed E-state index contributed by atoms with van der Waals surface area (Å²) in [6, 6.07) is 6.76. The monoisotopic (exact) mass is 360 g/mol. The van der Waals surface area contributed by atoms with Crippen LogP contribution in [0.2, 0.25) is 0 Å². The van der Waals surface area contributed by atoms with Crippen molar-refractivity contribution in [2.75, 3.05) is 26.3 Å². The number of imide groups is 1. The molecule has 0 bridgehead atoms. The largest absolute Gasteiger partial charge is 0.454 e. The summed E-state index contributed by atoms with van der Waals surface area (Å²) in [5.41, 5.74) is 1.04. The number of carbonyl (C=O) groups excluding carboxylic acids is 4. The van der Waals surface area contributed by atoms with E-state index in [-0.39, 0.29) is 12.5 Å². The summed E-state index contributed by atoms with van der Waals surface area (Å²) in [5.74, 6) is -2.25. The number of nitrogens with one attached hydrogen (secondary N) is 1. The van der Waals surface area contributed by atoms with E-state index in [2.05, 4.69) is 5.32 Å². The first-order valence-electron chi connectivity index (χ1n) is 8.51. The summed E-state index contributed by atoms with van der Waals surface area (Å²) >= 11 is 0. The lowest BCUT2D eigenvalue weighted by atomic mass is 9.98. The summed E-state index contributed by atoms with van der Waals surface area (Å²) < 4.78 is 10.2. The van der Waals surface area contributed by atoms with Crippen LogP contribution < -0.4 is 5.32 Å². The molecule has 138 valence electrons. The van der Waals surface area contributed by atoms with Gasteiger partial charge in [-0.05, 0) is 24.5 Å². The minimum absolute atomic E-state index is 0.00156. The molecule has 1 fully saturated rings. The standard InChI is InChI=1S/C18H20N2O6/c21-15(19-9-13-5-3-7-25-13)11-26-17(23)10-20-16(22)8-12-4-1-2-6-14(12)18(20)24/h1-2,4,6,13H,3,5,7-11H2,(H,19,21)/t13-/m1/s1. The van der Waals surface area contributed by atoms with Crippen molar-refractivity contribution in [3.63, 3.8) is 0 Å². The van der Waals surface area contributed by atoms with Gasteiger partial charge < -0.3 is 14.8 Å². The molecule has 1 aromatic carbocycles. The highest BCUT2D eigenvalue weighted by Crippen LogP contribution is 2.19. The van der Waals surface area contributed by atoms with E-state index >= 15 is 0 Å². The Morgan fingerprint density at radius 1 is 1.27 bits per heavy atom. The molecule has 26 heavy (non-hydrogen) atoms. The molecule has 1 atom stereocenters. The van der Waals surface area contributed by atoms with Gasteiger partial charge in [-0.3, -0.25) is 24.1 Å². The second-order valence-electron chi connectivity index (χ2n) is 6.22. The van der Waals surface area contributed by atoms with Crippen LogP contribution in [0.15, 0.2) is 24.3 Å². The average molecular weight is 360 g/mol. The van der Waals surface area contributed by atoms with Crippen molar-refractivity contribution in [1.29, 1.82) is 0 Å². The number of rotatable bonds is 6. The number of benzene rings is 1. The zero-order chi connectivity index (χ0) is 18.5. The summed E-state index contributed by atoms with van der Waals surface area (Å²) in [5, 5.41) is 2.63. The number of amides is 3. The van der Waals surface area contributed by atoms with E-state index in [0.29, 0.717) is 24.3 Å². The van der Waals surface area contributed by atoms with Crippen molar-refractivity contribution in [3.05, 3.63) is 35.4 Å². The molecule has 2 aliphatic rings. The van der Waals surface area contributed by atoms with Gasteiger partial charge in [0.2, 0.25) is 5.91 Å². The van der Waals surface area contributed by atoms with E-state index < -0.39 is 36.8 Å². The van der Waals surface area contributed by atoms with Gasteiger partial charge in [-0.1, -0.05) is 18.2 Å². The average Bonchev–Trinajstić information content (AvgIpc) is 3.15. The maximum atomic E-state index is 12.4.